The van der Waals surface area contributed by atoms with Crippen LogP contribution in [0.25, 0.3) is 0 Å². The van der Waals surface area contributed by atoms with E-state index in [1.165, 1.54) is 16.4 Å². The zero-order valence-corrected chi connectivity index (χ0v) is 19.5. The van der Waals surface area contributed by atoms with E-state index in [2.05, 4.69) is 11.0 Å². The Hall–Kier alpha value is -2.73. The molecular weight excluding hydrogens is 424 g/mol. The molecule has 0 aromatic heterocycles. The first-order valence-corrected chi connectivity index (χ1v) is 12.4. The maximum atomic E-state index is 13.0. The summed E-state index contributed by atoms with van der Waals surface area (Å²) >= 11 is 0. The molecular formula is C24H30N4O3S. The molecule has 0 spiro atoms. The standard InChI is InChI=1S/C24H30N4O3S/c1-3-28(4-2)32(30,31)23-12-10-22(11-13-23)24(29)27-15-5-14-26(16-17-27)19-21-8-6-20(18-25)7-9-21/h6-13H,3-5,14-17,19H2,1-2H3. The van der Waals surface area contributed by atoms with Gasteiger partial charge in [0.1, 0.15) is 0 Å². The smallest absolute Gasteiger partial charge is 0.253 e. The van der Waals surface area contributed by atoms with Gasteiger partial charge in [-0.25, -0.2) is 8.42 Å². The maximum absolute atomic E-state index is 13.0. The van der Waals surface area contributed by atoms with Crippen LogP contribution >= 0.6 is 0 Å². The van der Waals surface area contributed by atoms with Crippen molar-refractivity contribution in [1.29, 1.82) is 5.26 Å². The van der Waals surface area contributed by atoms with Gasteiger partial charge in [-0.3, -0.25) is 9.69 Å². The molecule has 1 amide bonds. The van der Waals surface area contributed by atoms with Gasteiger partial charge >= 0.3 is 0 Å². The van der Waals surface area contributed by atoms with Crippen molar-refractivity contribution in [2.75, 3.05) is 39.3 Å². The molecule has 0 radical (unpaired) electrons. The third-order valence-corrected chi connectivity index (χ3v) is 7.87. The molecule has 32 heavy (non-hydrogen) atoms. The van der Waals surface area contributed by atoms with Gasteiger partial charge in [0.15, 0.2) is 0 Å². The quantitative estimate of drug-likeness (QED) is 0.642. The molecule has 170 valence electrons. The molecule has 0 bridgehead atoms. The molecule has 2 aromatic rings. The Morgan fingerprint density at radius 3 is 2.22 bits per heavy atom. The van der Waals surface area contributed by atoms with Crippen LogP contribution < -0.4 is 0 Å². The highest BCUT2D eigenvalue weighted by Crippen LogP contribution is 2.18. The minimum Gasteiger partial charge on any atom is -0.337 e. The fourth-order valence-corrected chi connectivity index (χ4v) is 5.40. The van der Waals surface area contributed by atoms with E-state index in [0.717, 1.165) is 31.6 Å². The van der Waals surface area contributed by atoms with Crippen LogP contribution in [0.5, 0.6) is 0 Å². The van der Waals surface area contributed by atoms with E-state index in [1.807, 2.05) is 43.0 Å². The summed E-state index contributed by atoms with van der Waals surface area (Å²) in [6.45, 7) is 8.16. The Balaban J connectivity index is 1.62. The molecule has 0 unspecified atom stereocenters. The van der Waals surface area contributed by atoms with E-state index in [-0.39, 0.29) is 10.8 Å². The van der Waals surface area contributed by atoms with Crippen LogP contribution in [0.15, 0.2) is 53.4 Å². The number of carbonyl (C=O) groups excluding carboxylic acids is 1. The topological polar surface area (TPSA) is 84.7 Å². The predicted molar refractivity (Wildman–Crippen MR) is 124 cm³/mol. The lowest BCUT2D eigenvalue weighted by Gasteiger charge is -2.22. The van der Waals surface area contributed by atoms with Crippen molar-refractivity contribution < 1.29 is 13.2 Å². The average Bonchev–Trinajstić information content (AvgIpc) is 3.05. The molecule has 7 nitrogen and oxygen atoms in total. The zero-order chi connectivity index (χ0) is 23.1. The molecule has 2 aromatic carbocycles. The number of hydrogen-bond acceptors (Lipinski definition) is 5. The lowest BCUT2D eigenvalue weighted by atomic mass is 10.1. The summed E-state index contributed by atoms with van der Waals surface area (Å²) in [5.41, 5.74) is 2.30. The van der Waals surface area contributed by atoms with Crippen molar-refractivity contribution >= 4 is 15.9 Å². The molecule has 0 N–H and O–H groups in total. The third kappa shape index (κ3) is 5.54. The highest BCUT2D eigenvalue weighted by Gasteiger charge is 2.24. The molecule has 1 aliphatic rings. The lowest BCUT2D eigenvalue weighted by molar-refractivity contribution is 0.0761. The fraction of sp³-hybridized carbons (Fsp3) is 0.417. The first kappa shape index (κ1) is 23.9. The molecule has 1 heterocycles. The summed E-state index contributed by atoms with van der Waals surface area (Å²) in [6.07, 6.45) is 0.871. The van der Waals surface area contributed by atoms with Gasteiger partial charge in [0.25, 0.3) is 5.91 Å². The average molecular weight is 455 g/mol. The van der Waals surface area contributed by atoms with Crippen LogP contribution in [0.4, 0.5) is 0 Å². The second-order valence-corrected chi connectivity index (χ2v) is 9.78. The number of rotatable bonds is 7. The molecule has 0 aliphatic carbocycles. The van der Waals surface area contributed by atoms with Crippen LogP contribution in [0, 0.1) is 11.3 Å². The second kappa shape index (κ2) is 10.7. The first-order chi connectivity index (χ1) is 15.4. The van der Waals surface area contributed by atoms with Crippen molar-refractivity contribution in [3.8, 4) is 6.07 Å². The normalized spacial score (nSPS) is 15.4. The minimum atomic E-state index is -3.53. The van der Waals surface area contributed by atoms with Gasteiger partial charge in [0.05, 0.1) is 16.5 Å². The molecule has 1 saturated heterocycles. The zero-order valence-electron chi connectivity index (χ0n) is 18.7. The largest absolute Gasteiger partial charge is 0.337 e. The van der Waals surface area contributed by atoms with E-state index >= 15 is 0 Å². The number of sulfonamides is 1. The summed E-state index contributed by atoms with van der Waals surface area (Å²) in [5.74, 6) is -0.0722. The lowest BCUT2D eigenvalue weighted by Crippen LogP contribution is -2.35. The Morgan fingerprint density at radius 1 is 0.969 bits per heavy atom. The number of amides is 1. The fourth-order valence-electron chi connectivity index (χ4n) is 3.94. The van der Waals surface area contributed by atoms with Crippen LogP contribution in [-0.4, -0.2) is 67.7 Å². The van der Waals surface area contributed by atoms with Crippen LogP contribution in [0.2, 0.25) is 0 Å². The third-order valence-electron chi connectivity index (χ3n) is 5.81. The molecule has 0 saturated carbocycles. The van der Waals surface area contributed by atoms with E-state index in [0.29, 0.717) is 37.3 Å². The molecule has 0 atom stereocenters. The predicted octanol–water partition coefficient (Wildman–Crippen LogP) is 2.94. The highest BCUT2D eigenvalue weighted by molar-refractivity contribution is 7.89. The van der Waals surface area contributed by atoms with E-state index in [4.69, 9.17) is 5.26 Å². The Morgan fingerprint density at radius 2 is 1.62 bits per heavy atom. The van der Waals surface area contributed by atoms with Crippen molar-refractivity contribution in [3.63, 3.8) is 0 Å². The van der Waals surface area contributed by atoms with Gasteiger partial charge < -0.3 is 4.90 Å². The number of carbonyl (C=O) groups is 1. The van der Waals surface area contributed by atoms with Crippen LogP contribution in [-0.2, 0) is 16.6 Å². The maximum Gasteiger partial charge on any atom is 0.253 e. The summed E-state index contributed by atoms with van der Waals surface area (Å²) in [5, 5.41) is 8.93. The molecule has 1 aliphatic heterocycles. The Kier molecular flexibility index (Phi) is 8.02. The van der Waals surface area contributed by atoms with E-state index < -0.39 is 10.0 Å². The number of nitrogens with zero attached hydrogens (tertiary/aromatic N) is 4. The first-order valence-electron chi connectivity index (χ1n) is 11.0. The Bertz CT molecular complexity index is 1060. The minimum absolute atomic E-state index is 0.0722. The van der Waals surface area contributed by atoms with Crippen molar-refractivity contribution in [2.45, 2.75) is 31.7 Å². The van der Waals surface area contributed by atoms with E-state index in [9.17, 15) is 13.2 Å². The molecule has 8 heteroatoms. The Labute approximate surface area is 190 Å². The van der Waals surface area contributed by atoms with Gasteiger partial charge in [-0.05, 0) is 48.4 Å². The van der Waals surface area contributed by atoms with Gasteiger partial charge in [0.2, 0.25) is 10.0 Å². The second-order valence-electron chi connectivity index (χ2n) is 7.84. The van der Waals surface area contributed by atoms with Crippen molar-refractivity contribution in [3.05, 3.63) is 65.2 Å². The number of nitriles is 1. The van der Waals surface area contributed by atoms with Crippen molar-refractivity contribution in [1.82, 2.24) is 14.1 Å². The van der Waals surface area contributed by atoms with Gasteiger partial charge in [0, 0.05) is 51.4 Å². The summed E-state index contributed by atoms with van der Waals surface area (Å²) in [6, 6.07) is 16.0. The summed E-state index contributed by atoms with van der Waals surface area (Å²) < 4.78 is 26.7. The van der Waals surface area contributed by atoms with Gasteiger partial charge in [-0.1, -0.05) is 26.0 Å². The highest BCUT2D eigenvalue weighted by atomic mass is 32.2. The van der Waals surface area contributed by atoms with E-state index in [1.54, 1.807) is 12.1 Å². The number of benzene rings is 2. The van der Waals surface area contributed by atoms with Crippen LogP contribution in [0.3, 0.4) is 0 Å². The number of hydrogen-bond donors (Lipinski definition) is 0. The SMILES string of the molecule is CCN(CC)S(=O)(=O)c1ccc(C(=O)N2CCCN(Cc3ccc(C#N)cc3)CC2)cc1. The van der Waals surface area contributed by atoms with Gasteiger partial charge in [-0.2, -0.15) is 9.57 Å². The molecule has 3 rings (SSSR count). The van der Waals surface area contributed by atoms with Gasteiger partial charge in [-0.15, -0.1) is 0 Å². The van der Waals surface area contributed by atoms with Crippen LogP contribution in [0.1, 0.15) is 41.8 Å². The summed E-state index contributed by atoms with van der Waals surface area (Å²) in [4.78, 5) is 17.4. The summed E-state index contributed by atoms with van der Waals surface area (Å²) in [7, 11) is -3.53. The van der Waals surface area contributed by atoms with Crippen molar-refractivity contribution in [2.24, 2.45) is 0 Å². The monoisotopic (exact) mass is 454 g/mol. The molecule has 1 fully saturated rings.